The van der Waals surface area contributed by atoms with E-state index >= 15 is 0 Å². The van der Waals surface area contributed by atoms with Gasteiger partial charge < -0.3 is 4.90 Å². The number of aldehydes is 1. The molecule has 0 saturated heterocycles. The number of hydrogen-bond donors (Lipinski definition) is 0. The van der Waals surface area contributed by atoms with E-state index in [0.717, 1.165) is 17.8 Å². The largest absolute Gasteiger partial charge is 0.315 e. The molecule has 0 N–H and O–H groups in total. The van der Waals surface area contributed by atoms with Gasteiger partial charge in [0, 0.05) is 11.4 Å². The predicted octanol–water partition coefficient (Wildman–Crippen LogP) is 3.75. The third-order valence-corrected chi connectivity index (χ3v) is 5.48. The molecule has 1 unspecified atom stereocenters. The van der Waals surface area contributed by atoms with Gasteiger partial charge in [0.15, 0.2) is 11.8 Å². The topological polar surface area (TPSA) is 37.6 Å². The molecule has 142 valence electrons. The summed E-state index contributed by atoms with van der Waals surface area (Å²) in [4.78, 5) is 18.2. The van der Waals surface area contributed by atoms with Crippen LogP contribution in [-0.4, -0.2) is 22.6 Å². The molecule has 0 spiro atoms. The molecule has 4 rings (SSSR count). The van der Waals surface area contributed by atoms with Crippen LogP contribution in [0.5, 0.6) is 0 Å². The number of nitrogens with zero attached hydrogens (tertiary/aromatic N) is 3. The van der Waals surface area contributed by atoms with Crippen molar-refractivity contribution in [3.05, 3.63) is 81.6 Å². The Kier molecular flexibility index (Phi) is 4.95. The molecule has 0 bridgehead atoms. The fraction of sp³-hybridized carbons (Fsp3) is 0.100. The molecule has 0 aliphatic carbocycles. The molecular formula is C20H14ClF2N3OS. The Bertz CT molecular complexity index is 1170. The normalized spacial score (nSPS) is 15.6. The fourth-order valence-corrected chi connectivity index (χ4v) is 4.03. The van der Waals surface area contributed by atoms with Crippen molar-refractivity contribution in [2.75, 3.05) is 11.2 Å². The summed E-state index contributed by atoms with van der Waals surface area (Å²) in [7, 11) is 0. The van der Waals surface area contributed by atoms with Crippen LogP contribution < -0.4 is 15.6 Å². The summed E-state index contributed by atoms with van der Waals surface area (Å²) < 4.78 is 30.0. The maximum atomic E-state index is 14.4. The Hall–Kier alpha value is -2.64. The maximum absolute atomic E-state index is 14.4. The van der Waals surface area contributed by atoms with Crippen molar-refractivity contribution in [2.45, 2.75) is 5.50 Å². The summed E-state index contributed by atoms with van der Waals surface area (Å²) >= 11 is 7.77. The summed E-state index contributed by atoms with van der Waals surface area (Å²) in [6.07, 6.45) is 4.21. The van der Waals surface area contributed by atoms with E-state index in [-0.39, 0.29) is 11.4 Å². The van der Waals surface area contributed by atoms with Gasteiger partial charge in [0.2, 0.25) is 0 Å². The van der Waals surface area contributed by atoms with Crippen molar-refractivity contribution >= 4 is 41.5 Å². The molecule has 8 heteroatoms. The standard InChI is InChI=1S/C20H14ClF2N3OS/c1-28-20-24-19-12(10-25(20)17-8-3-2-5-14(17)21)9-13(11-27)26(19)18-15(22)6-4-7-16(18)23/h2-11,20H,1H3. The summed E-state index contributed by atoms with van der Waals surface area (Å²) in [5.74, 6) is -1.54. The lowest BCUT2D eigenvalue weighted by Gasteiger charge is -2.29. The molecule has 0 saturated carbocycles. The third-order valence-electron chi connectivity index (χ3n) is 4.40. The van der Waals surface area contributed by atoms with Crippen LogP contribution in [0.1, 0.15) is 10.5 Å². The quantitative estimate of drug-likeness (QED) is 0.607. The number of rotatable bonds is 4. The Morgan fingerprint density at radius 1 is 1.14 bits per heavy atom. The molecule has 28 heavy (non-hydrogen) atoms. The Morgan fingerprint density at radius 2 is 1.86 bits per heavy atom. The first-order chi connectivity index (χ1) is 13.5. The number of thioether (sulfide) groups is 1. The molecule has 0 amide bonds. The van der Waals surface area contributed by atoms with Gasteiger partial charge in [-0.15, -0.1) is 11.8 Å². The number of benzene rings is 2. The van der Waals surface area contributed by atoms with E-state index < -0.39 is 17.1 Å². The Balaban J connectivity index is 2.01. The number of carbonyl (C=O) groups is 1. The van der Waals surface area contributed by atoms with Crippen LogP contribution in [0, 0.1) is 11.6 Å². The molecule has 1 aliphatic rings. The van der Waals surface area contributed by atoms with Gasteiger partial charge >= 0.3 is 0 Å². The number of anilines is 1. The van der Waals surface area contributed by atoms with E-state index in [1.807, 2.05) is 29.4 Å². The molecule has 3 aromatic rings. The highest BCUT2D eigenvalue weighted by Gasteiger charge is 2.24. The van der Waals surface area contributed by atoms with E-state index in [0.29, 0.717) is 22.0 Å². The van der Waals surface area contributed by atoms with Crippen molar-refractivity contribution in [1.82, 2.24) is 4.57 Å². The minimum atomic E-state index is -0.772. The minimum absolute atomic E-state index is 0.106. The first-order valence-electron chi connectivity index (χ1n) is 8.32. The van der Waals surface area contributed by atoms with E-state index in [1.54, 1.807) is 18.3 Å². The zero-order valence-electron chi connectivity index (χ0n) is 14.6. The number of halogens is 3. The summed E-state index contributed by atoms with van der Waals surface area (Å²) in [6.45, 7) is 0. The second-order valence-corrected chi connectivity index (χ2v) is 7.35. The number of aromatic nitrogens is 1. The maximum Gasteiger partial charge on any atom is 0.174 e. The van der Waals surface area contributed by atoms with Gasteiger partial charge in [0.25, 0.3) is 0 Å². The van der Waals surface area contributed by atoms with Crippen LogP contribution in [0.4, 0.5) is 14.5 Å². The summed E-state index contributed by atoms with van der Waals surface area (Å²) in [5, 5.41) is 1.11. The summed E-state index contributed by atoms with van der Waals surface area (Å²) in [6, 6.07) is 12.4. The van der Waals surface area contributed by atoms with Crippen molar-refractivity contribution in [3.8, 4) is 5.69 Å². The van der Waals surface area contributed by atoms with Crippen LogP contribution in [0.3, 0.4) is 0 Å². The number of carbonyl (C=O) groups excluding carboxylic acids is 1. The van der Waals surface area contributed by atoms with Crippen molar-refractivity contribution in [2.24, 2.45) is 4.99 Å². The molecule has 1 aliphatic heterocycles. The van der Waals surface area contributed by atoms with Crippen LogP contribution in [0.25, 0.3) is 11.9 Å². The zero-order valence-corrected chi connectivity index (χ0v) is 16.2. The lowest BCUT2D eigenvalue weighted by atomic mass is 10.2. The van der Waals surface area contributed by atoms with Crippen LogP contribution in [0.15, 0.2) is 53.5 Å². The van der Waals surface area contributed by atoms with Gasteiger partial charge in [-0.05, 0) is 36.6 Å². The molecule has 0 radical (unpaired) electrons. The monoisotopic (exact) mass is 417 g/mol. The lowest BCUT2D eigenvalue weighted by molar-refractivity contribution is 0.111. The molecule has 4 nitrogen and oxygen atoms in total. The third kappa shape index (κ3) is 3.00. The second-order valence-electron chi connectivity index (χ2n) is 6.05. The molecule has 2 heterocycles. The van der Waals surface area contributed by atoms with E-state index in [4.69, 9.17) is 11.6 Å². The average Bonchev–Trinajstić information content (AvgIpc) is 3.04. The Morgan fingerprint density at radius 3 is 2.50 bits per heavy atom. The Labute approximate surface area is 168 Å². The van der Waals surface area contributed by atoms with Gasteiger partial charge in [-0.25, -0.2) is 13.8 Å². The SMILES string of the molecule is CSC1N=c2c(cc(C=O)n2-c2c(F)cccc2F)=CN1c1ccccc1Cl. The van der Waals surface area contributed by atoms with Crippen LogP contribution in [0.2, 0.25) is 5.02 Å². The molecule has 1 aromatic heterocycles. The first-order valence-corrected chi connectivity index (χ1v) is 9.98. The fourth-order valence-electron chi connectivity index (χ4n) is 3.19. The van der Waals surface area contributed by atoms with Crippen LogP contribution in [-0.2, 0) is 0 Å². The highest BCUT2D eigenvalue weighted by molar-refractivity contribution is 7.99. The van der Waals surface area contributed by atoms with Crippen molar-refractivity contribution < 1.29 is 13.6 Å². The van der Waals surface area contributed by atoms with Gasteiger partial charge in [0.1, 0.15) is 22.8 Å². The number of fused-ring (bicyclic) bond motifs is 1. The van der Waals surface area contributed by atoms with Gasteiger partial charge in [-0.1, -0.05) is 29.8 Å². The van der Waals surface area contributed by atoms with Crippen LogP contribution >= 0.6 is 23.4 Å². The summed E-state index contributed by atoms with van der Waals surface area (Å²) in [5.41, 5.74) is 0.420. The van der Waals surface area contributed by atoms with Crippen molar-refractivity contribution in [1.29, 1.82) is 0 Å². The lowest BCUT2D eigenvalue weighted by Crippen LogP contribution is -2.42. The van der Waals surface area contributed by atoms with Gasteiger partial charge in [-0.3, -0.25) is 9.36 Å². The molecule has 0 fully saturated rings. The first kappa shape index (κ1) is 18.7. The van der Waals surface area contributed by atoms with E-state index in [2.05, 4.69) is 4.99 Å². The zero-order chi connectivity index (χ0) is 19.8. The van der Waals surface area contributed by atoms with Crippen molar-refractivity contribution in [3.63, 3.8) is 0 Å². The van der Waals surface area contributed by atoms with Gasteiger partial charge in [0.05, 0.1) is 16.4 Å². The highest BCUT2D eigenvalue weighted by atomic mass is 35.5. The van der Waals surface area contributed by atoms with E-state index in [9.17, 15) is 13.6 Å². The number of para-hydroxylation sites is 2. The smallest absolute Gasteiger partial charge is 0.174 e. The number of hydrogen-bond acceptors (Lipinski definition) is 4. The molecule has 1 atom stereocenters. The van der Waals surface area contributed by atoms with E-state index in [1.165, 1.54) is 22.4 Å². The second kappa shape index (κ2) is 7.41. The highest BCUT2D eigenvalue weighted by Crippen LogP contribution is 2.31. The molecular weight excluding hydrogens is 404 g/mol. The average molecular weight is 418 g/mol. The molecule has 2 aromatic carbocycles. The predicted molar refractivity (Wildman–Crippen MR) is 108 cm³/mol. The van der Waals surface area contributed by atoms with Gasteiger partial charge in [-0.2, -0.15) is 0 Å². The minimum Gasteiger partial charge on any atom is -0.315 e.